The third-order valence-corrected chi connectivity index (χ3v) is 5.34. The topological polar surface area (TPSA) is 75.4 Å². The molecule has 0 aromatic heterocycles. The number of nitrogens with one attached hydrogen (secondary N) is 1. The van der Waals surface area contributed by atoms with Crippen molar-refractivity contribution in [2.45, 2.75) is 18.9 Å². The first-order valence-corrected chi connectivity index (χ1v) is 9.84. The second-order valence-electron chi connectivity index (χ2n) is 7.28. The Labute approximate surface area is 174 Å². The van der Waals surface area contributed by atoms with E-state index in [2.05, 4.69) is 5.32 Å². The molecule has 0 spiro atoms. The van der Waals surface area contributed by atoms with Gasteiger partial charge in [0.25, 0.3) is 5.91 Å². The zero-order chi connectivity index (χ0) is 21.1. The van der Waals surface area contributed by atoms with E-state index >= 15 is 0 Å². The summed E-state index contributed by atoms with van der Waals surface area (Å²) < 4.78 is 13.2. The summed E-state index contributed by atoms with van der Waals surface area (Å²) in [6, 6.07) is 19.9. The van der Waals surface area contributed by atoms with Crippen LogP contribution in [-0.2, 0) is 11.2 Å². The molecule has 3 aromatic carbocycles. The summed E-state index contributed by atoms with van der Waals surface area (Å²) in [5.74, 6) is -1.12. The van der Waals surface area contributed by atoms with Gasteiger partial charge in [0.2, 0.25) is 5.91 Å². The molecule has 0 saturated heterocycles. The number of carbonyl (C=O) groups is 2. The number of benzene rings is 3. The van der Waals surface area contributed by atoms with E-state index in [9.17, 15) is 14.0 Å². The summed E-state index contributed by atoms with van der Waals surface area (Å²) in [5.41, 5.74) is 9.51. The lowest BCUT2D eigenvalue weighted by atomic mass is 9.95. The Bertz CT molecular complexity index is 1070. The number of carbonyl (C=O) groups excluding carboxylic acids is 2. The van der Waals surface area contributed by atoms with Gasteiger partial charge in [-0.25, -0.2) is 4.39 Å². The zero-order valence-electron chi connectivity index (χ0n) is 16.3. The standard InChI is InChI=1S/C24H22FN3O2/c25-18-13-11-17(12-14-18)24(30)27-20-9-4-10-21-19(20)8-5-15-28(21)22(23(26)29)16-6-2-1-3-7-16/h1-4,6-7,9-14,22H,5,8,15H2,(H2,26,29)(H,27,30). The monoisotopic (exact) mass is 403 g/mol. The molecule has 2 amide bonds. The van der Waals surface area contributed by atoms with Gasteiger partial charge in [0.05, 0.1) is 0 Å². The molecule has 1 heterocycles. The van der Waals surface area contributed by atoms with Gasteiger partial charge in [-0.2, -0.15) is 0 Å². The van der Waals surface area contributed by atoms with E-state index in [1.165, 1.54) is 24.3 Å². The quantitative estimate of drug-likeness (QED) is 0.675. The fraction of sp³-hybridized carbons (Fsp3) is 0.167. The number of fused-ring (bicyclic) bond motifs is 1. The summed E-state index contributed by atoms with van der Waals surface area (Å²) in [6.45, 7) is 0.685. The molecule has 0 fully saturated rings. The third kappa shape index (κ3) is 3.89. The third-order valence-electron chi connectivity index (χ3n) is 5.34. The number of halogens is 1. The predicted octanol–water partition coefficient (Wildman–Crippen LogP) is 4.06. The summed E-state index contributed by atoms with van der Waals surface area (Å²) in [6.07, 6.45) is 1.60. The van der Waals surface area contributed by atoms with E-state index in [-0.39, 0.29) is 5.91 Å². The van der Waals surface area contributed by atoms with E-state index < -0.39 is 17.8 Å². The van der Waals surface area contributed by atoms with Crippen molar-refractivity contribution in [1.82, 2.24) is 0 Å². The summed E-state index contributed by atoms with van der Waals surface area (Å²) in [4.78, 5) is 27.0. The van der Waals surface area contributed by atoms with E-state index in [4.69, 9.17) is 5.73 Å². The molecule has 152 valence electrons. The molecule has 0 radical (unpaired) electrons. The Hall–Kier alpha value is -3.67. The lowest BCUT2D eigenvalue weighted by Gasteiger charge is -2.37. The van der Waals surface area contributed by atoms with E-state index in [0.717, 1.165) is 29.7 Å². The molecular weight excluding hydrogens is 381 g/mol. The van der Waals surface area contributed by atoms with Crippen molar-refractivity contribution in [2.24, 2.45) is 5.73 Å². The van der Waals surface area contributed by atoms with Crippen molar-refractivity contribution in [3.63, 3.8) is 0 Å². The lowest BCUT2D eigenvalue weighted by Crippen LogP contribution is -2.41. The first-order valence-electron chi connectivity index (χ1n) is 9.84. The van der Waals surface area contributed by atoms with Crippen molar-refractivity contribution < 1.29 is 14.0 Å². The Morgan fingerprint density at radius 2 is 1.70 bits per heavy atom. The Morgan fingerprint density at radius 3 is 2.40 bits per heavy atom. The highest BCUT2D eigenvalue weighted by molar-refractivity contribution is 6.05. The number of hydrogen-bond donors (Lipinski definition) is 2. The Balaban J connectivity index is 1.67. The summed E-state index contributed by atoms with van der Waals surface area (Å²) >= 11 is 0. The SMILES string of the molecule is NC(=O)C(c1ccccc1)N1CCCc2c(NC(=O)c3ccc(F)cc3)cccc21. The molecule has 0 aliphatic carbocycles. The van der Waals surface area contributed by atoms with Crippen molar-refractivity contribution in [1.29, 1.82) is 0 Å². The number of rotatable bonds is 5. The van der Waals surface area contributed by atoms with Crippen LogP contribution in [0.4, 0.5) is 15.8 Å². The van der Waals surface area contributed by atoms with Gasteiger partial charge in [-0.1, -0.05) is 36.4 Å². The first-order chi connectivity index (χ1) is 14.5. The zero-order valence-corrected chi connectivity index (χ0v) is 16.3. The van der Waals surface area contributed by atoms with Crippen LogP contribution in [0.15, 0.2) is 72.8 Å². The average molecular weight is 403 g/mol. The maximum absolute atomic E-state index is 13.2. The highest BCUT2D eigenvalue weighted by atomic mass is 19.1. The molecule has 0 saturated carbocycles. The average Bonchev–Trinajstić information content (AvgIpc) is 2.75. The summed E-state index contributed by atoms with van der Waals surface area (Å²) in [7, 11) is 0. The van der Waals surface area contributed by atoms with Gasteiger partial charge in [0.1, 0.15) is 11.9 Å². The van der Waals surface area contributed by atoms with Gasteiger partial charge in [0, 0.05) is 23.5 Å². The number of nitrogens with zero attached hydrogens (tertiary/aromatic N) is 1. The molecule has 1 aliphatic heterocycles. The second-order valence-corrected chi connectivity index (χ2v) is 7.28. The minimum Gasteiger partial charge on any atom is -0.368 e. The highest BCUT2D eigenvalue weighted by Gasteiger charge is 2.30. The van der Waals surface area contributed by atoms with Gasteiger partial charge in [-0.05, 0) is 60.4 Å². The molecule has 4 rings (SSSR count). The first kappa shape index (κ1) is 19.6. The molecule has 1 atom stereocenters. The highest BCUT2D eigenvalue weighted by Crippen LogP contribution is 2.37. The second kappa shape index (κ2) is 8.37. The van der Waals surface area contributed by atoms with E-state index in [1.54, 1.807) is 0 Å². The molecule has 3 N–H and O–H groups in total. The Morgan fingerprint density at radius 1 is 0.967 bits per heavy atom. The van der Waals surface area contributed by atoms with Crippen molar-refractivity contribution >= 4 is 23.2 Å². The number of amides is 2. The van der Waals surface area contributed by atoms with Crippen LogP contribution in [0.5, 0.6) is 0 Å². The summed E-state index contributed by atoms with van der Waals surface area (Å²) in [5, 5.41) is 2.93. The van der Waals surface area contributed by atoms with Crippen LogP contribution < -0.4 is 16.0 Å². The number of anilines is 2. The van der Waals surface area contributed by atoms with Crippen molar-refractivity contribution in [2.75, 3.05) is 16.8 Å². The fourth-order valence-electron chi connectivity index (χ4n) is 3.97. The van der Waals surface area contributed by atoms with Crippen LogP contribution in [0, 0.1) is 5.82 Å². The minimum absolute atomic E-state index is 0.310. The van der Waals surface area contributed by atoms with Crippen molar-refractivity contribution in [3.05, 3.63) is 95.3 Å². The van der Waals surface area contributed by atoms with Gasteiger partial charge in [-0.3, -0.25) is 9.59 Å². The minimum atomic E-state index is -0.590. The van der Waals surface area contributed by atoms with Crippen LogP contribution >= 0.6 is 0 Å². The number of hydrogen-bond acceptors (Lipinski definition) is 3. The molecule has 30 heavy (non-hydrogen) atoms. The van der Waals surface area contributed by atoms with Crippen molar-refractivity contribution in [3.8, 4) is 0 Å². The predicted molar refractivity (Wildman–Crippen MR) is 115 cm³/mol. The molecule has 5 nitrogen and oxygen atoms in total. The molecule has 3 aromatic rings. The van der Waals surface area contributed by atoms with Crippen LogP contribution in [0.1, 0.15) is 33.9 Å². The molecule has 0 bridgehead atoms. The molecular formula is C24H22FN3O2. The normalized spacial score (nSPS) is 14.0. The smallest absolute Gasteiger partial charge is 0.255 e. The van der Waals surface area contributed by atoms with Gasteiger partial charge < -0.3 is 16.0 Å². The fourth-order valence-corrected chi connectivity index (χ4v) is 3.97. The van der Waals surface area contributed by atoms with Crippen LogP contribution in [-0.4, -0.2) is 18.4 Å². The maximum Gasteiger partial charge on any atom is 0.255 e. The molecule has 1 unspecified atom stereocenters. The maximum atomic E-state index is 13.2. The van der Waals surface area contributed by atoms with Crippen LogP contribution in [0.3, 0.4) is 0 Å². The van der Waals surface area contributed by atoms with E-state index in [0.29, 0.717) is 17.8 Å². The number of primary amides is 1. The van der Waals surface area contributed by atoms with Crippen LogP contribution in [0.25, 0.3) is 0 Å². The largest absolute Gasteiger partial charge is 0.368 e. The lowest BCUT2D eigenvalue weighted by molar-refractivity contribution is -0.119. The number of nitrogens with two attached hydrogens (primary N) is 1. The van der Waals surface area contributed by atoms with Crippen LogP contribution in [0.2, 0.25) is 0 Å². The molecule has 1 aliphatic rings. The molecule has 6 heteroatoms. The van der Waals surface area contributed by atoms with Gasteiger partial charge >= 0.3 is 0 Å². The van der Waals surface area contributed by atoms with E-state index in [1.807, 2.05) is 53.4 Å². The van der Waals surface area contributed by atoms with Gasteiger partial charge in [-0.15, -0.1) is 0 Å². The Kier molecular flexibility index (Phi) is 5.48. The van der Waals surface area contributed by atoms with Gasteiger partial charge in [0.15, 0.2) is 0 Å².